The van der Waals surface area contributed by atoms with E-state index in [1.165, 1.54) is 0 Å². The molecule has 0 fully saturated rings. The van der Waals surface area contributed by atoms with Crippen molar-refractivity contribution in [3.63, 3.8) is 0 Å². The van der Waals surface area contributed by atoms with Gasteiger partial charge in [0.25, 0.3) is 0 Å². The fraction of sp³-hybridized carbons (Fsp3) is 0.333. The number of fused-ring (bicyclic) bond motifs is 4. The smallest absolute Gasteiger partial charge is 0.250 e. The largest absolute Gasteiger partial charge is 0.544 e. The summed E-state index contributed by atoms with van der Waals surface area (Å²) in [6.07, 6.45) is 0. The molecule has 0 radical (unpaired) electrons. The van der Waals surface area contributed by atoms with Gasteiger partial charge in [-0.2, -0.15) is 0 Å². The van der Waals surface area contributed by atoms with E-state index in [0.29, 0.717) is 22.3 Å². The molecule has 0 unspecified atom stereocenters. The molecule has 7 nitrogen and oxygen atoms in total. The lowest BCUT2D eigenvalue weighted by atomic mass is 9.63. The van der Waals surface area contributed by atoms with Gasteiger partial charge in [0.05, 0.1) is 0 Å². The molecule has 0 amide bonds. The zero-order valence-electron chi connectivity index (χ0n) is 48.4. The molecular weight excluding hydrogens is 1070 g/mol. The van der Waals surface area contributed by atoms with Gasteiger partial charge in [-0.25, -0.2) is 0 Å². The van der Waals surface area contributed by atoms with Gasteiger partial charge in [-0.05, 0) is 136 Å². The number of halogens is 1. The normalized spacial score (nSPS) is 17.2. The molecule has 11 heteroatoms. The highest BCUT2D eigenvalue weighted by Crippen LogP contribution is 2.56. The number of carbonyl (C=O) groups is 2. The molecular formula is C66H79BrO7Si3. The van der Waals surface area contributed by atoms with Crippen LogP contribution in [0.4, 0.5) is 0 Å². The maximum atomic E-state index is 12.1. The van der Waals surface area contributed by atoms with Crippen LogP contribution in [0.25, 0.3) is 0 Å². The van der Waals surface area contributed by atoms with Crippen molar-refractivity contribution in [3.8, 4) is 17.2 Å². The molecule has 0 spiro atoms. The second-order valence-electron chi connectivity index (χ2n) is 24.7. The van der Waals surface area contributed by atoms with Crippen LogP contribution in [-0.2, 0) is 20.7 Å². The molecule has 0 bridgehead atoms. The van der Waals surface area contributed by atoms with E-state index in [1.807, 2.05) is 24.3 Å². The average molecular weight is 1150 g/mol. The fourth-order valence-electron chi connectivity index (χ4n) is 9.19. The number of ketones is 2. The first kappa shape index (κ1) is 59.0. The summed E-state index contributed by atoms with van der Waals surface area (Å²) in [5.74, 6) is 2.64. The van der Waals surface area contributed by atoms with Crippen molar-refractivity contribution in [2.45, 2.75) is 128 Å². The lowest BCUT2D eigenvalue weighted by Crippen LogP contribution is -2.46. The summed E-state index contributed by atoms with van der Waals surface area (Å²) in [4.78, 5) is 24.2. The van der Waals surface area contributed by atoms with E-state index in [0.717, 1.165) is 55.1 Å². The Kier molecular flexibility index (Phi) is 17.0. The number of rotatable bonds is 10. The second-order valence-corrected chi connectivity index (χ2v) is 39.8. The van der Waals surface area contributed by atoms with Crippen LogP contribution >= 0.6 is 15.9 Å². The summed E-state index contributed by atoms with van der Waals surface area (Å²) in [5, 5.41) is 0.471. The van der Waals surface area contributed by atoms with Gasteiger partial charge >= 0.3 is 0 Å². The summed E-state index contributed by atoms with van der Waals surface area (Å²) in [6, 6.07) is 56.1. The van der Waals surface area contributed by atoms with E-state index in [4.69, 9.17) is 22.8 Å². The van der Waals surface area contributed by atoms with Crippen LogP contribution in [0.15, 0.2) is 174 Å². The van der Waals surface area contributed by atoms with Gasteiger partial charge in [-0.3, -0.25) is 9.59 Å². The van der Waals surface area contributed by atoms with E-state index in [2.05, 4.69) is 215 Å². The lowest BCUT2D eigenvalue weighted by molar-refractivity contribution is 0.0167. The third-order valence-electron chi connectivity index (χ3n) is 16.7. The van der Waals surface area contributed by atoms with Gasteiger partial charge in [0, 0.05) is 40.9 Å². The van der Waals surface area contributed by atoms with Gasteiger partial charge in [0.1, 0.15) is 28.5 Å². The summed E-state index contributed by atoms with van der Waals surface area (Å²) in [6.45, 7) is 34.0. The van der Waals surface area contributed by atoms with Crippen LogP contribution in [0.1, 0.15) is 128 Å². The molecule has 0 atom stereocenters. The molecule has 7 aromatic carbocycles. The molecule has 77 heavy (non-hydrogen) atoms. The number of methoxy groups -OCH3 is 2. The van der Waals surface area contributed by atoms with E-state index in [9.17, 15) is 9.59 Å². The SMILES string of the molecule is CC(C)(C)[Si](C)(C)Oc1ccc(Br)cc1.COC1(c2ccc(O[Si](C)(C)C(C)(C)C)cc2)c2ccccc2C(OC)(c2ccc(O[Si](C)(C)C(C)(C)C)cc2)c2ccccc21.O=C1c2ccccc2C(=O)c2ccccc21. The minimum absolute atomic E-state index is 0.0641. The molecule has 0 heterocycles. The number of hydrogen-bond donors (Lipinski definition) is 0. The lowest BCUT2D eigenvalue weighted by Gasteiger charge is -2.48. The van der Waals surface area contributed by atoms with E-state index >= 15 is 0 Å². The first-order chi connectivity index (χ1) is 36.0. The zero-order chi connectivity index (χ0) is 56.6. The average Bonchev–Trinajstić information content (AvgIpc) is 3.55. The Morgan fingerprint density at radius 2 is 0.571 bits per heavy atom. The first-order valence-electron chi connectivity index (χ1n) is 26.6. The third kappa shape index (κ3) is 11.6. The minimum atomic E-state index is -1.99. The van der Waals surface area contributed by atoms with Crippen LogP contribution in [0.2, 0.25) is 54.4 Å². The molecule has 7 aromatic rings. The number of hydrogen-bond acceptors (Lipinski definition) is 7. The van der Waals surface area contributed by atoms with Gasteiger partial charge in [-0.1, -0.05) is 200 Å². The molecule has 0 saturated heterocycles. The van der Waals surface area contributed by atoms with E-state index in [-0.39, 0.29) is 26.7 Å². The number of carbonyl (C=O) groups excluding carboxylic acids is 2. The molecule has 0 saturated carbocycles. The van der Waals surface area contributed by atoms with Crippen molar-refractivity contribution in [1.29, 1.82) is 0 Å². The van der Waals surface area contributed by atoms with Crippen LogP contribution in [-0.4, -0.2) is 50.7 Å². The minimum Gasteiger partial charge on any atom is -0.544 e. The molecule has 0 aliphatic heterocycles. The van der Waals surface area contributed by atoms with Crippen molar-refractivity contribution in [2.75, 3.05) is 14.2 Å². The van der Waals surface area contributed by atoms with E-state index < -0.39 is 36.2 Å². The monoisotopic (exact) mass is 1150 g/mol. The topological polar surface area (TPSA) is 80.3 Å². The first-order valence-corrected chi connectivity index (χ1v) is 36.1. The summed E-state index contributed by atoms with van der Waals surface area (Å²) >= 11 is 3.42. The maximum absolute atomic E-state index is 12.1. The van der Waals surface area contributed by atoms with Crippen molar-refractivity contribution < 1.29 is 32.3 Å². The quantitative estimate of drug-likeness (QED) is 0.126. The number of benzene rings is 7. The third-order valence-corrected chi connectivity index (χ3v) is 30.3. The highest BCUT2D eigenvalue weighted by atomic mass is 79.9. The predicted octanol–water partition coefficient (Wildman–Crippen LogP) is 17.9. The van der Waals surface area contributed by atoms with Crippen molar-refractivity contribution in [3.05, 3.63) is 230 Å². The predicted molar refractivity (Wildman–Crippen MR) is 327 cm³/mol. The van der Waals surface area contributed by atoms with Crippen LogP contribution in [0, 0.1) is 0 Å². The molecule has 2 aliphatic rings. The Bertz CT molecular complexity index is 2940. The molecule has 404 valence electrons. The Hall–Kier alpha value is -5.67. The van der Waals surface area contributed by atoms with Crippen molar-refractivity contribution in [2.24, 2.45) is 0 Å². The van der Waals surface area contributed by atoms with Crippen molar-refractivity contribution in [1.82, 2.24) is 0 Å². The molecule has 2 aliphatic carbocycles. The zero-order valence-corrected chi connectivity index (χ0v) is 53.0. The maximum Gasteiger partial charge on any atom is 0.250 e. The van der Waals surface area contributed by atoms with Gasteiger partial charge < -0.3 is 22.8 Å². The van der Waals surface area contributed by atoms with Crippen LogP contribution < -0.4 is 13.3 Å². The molecule has 0 aromatic heterocycles. The Morgan fingerprint density at radius 3 is 0.792 bits per heavy atom. The van der Waals surface area contributed by atoms with Gasteiger partial charge in [0.15, 0.2) is 11.6 Å². The fourth-order valence-corrected chi connectivity index (χ4v) is 12.6. The van der Waals surface area contributed by atoms with Crippen LogP contribution in [0.5, 0.6) is 17.2 Å². The molecule has 9 rings (SSSR count). The Labute approximate surface area is 471 Å². The Balaban J connectivity index is 0.000000223. The summed E-state index contributed by atoms with van der Waals surface area (Å²) < 4.78 is 33.9. The van der Waals surface area contributed by atoms with Gasteiger partial charge in [0.2, 0.25) is 25.0 Å². The highest BCUT2D eigenvalue weighted by Gasteiger charge is 2.53. The van der Waals surface area contributed by atoms with Gasteiger partial charge in [-0.15, -0.1) is 0 Å². The van der Waals surface area contributed by atoms with Crippen molar-refractivity contribution >= 4 is 52.4 Å². The van der Waals surface area contributed by atoms with Crippen LogP contribution in [0.3, 0.4) is 0 Å². The highest BCUT2D eigenvalue weighted by molar-refractivity contribution is 9.10. The standard InChI is InChI=1S/C40H52O4Si2.C14H8O2.C12H19BrOSi/c1-37(2,3)45(9,10)43-31-25-21-29(22-26-31)39(41-7)33-17-13-15-19-35(33)40(42-8,36-20-16-14-18-34(36)39)30-23-27-32(28-24-30)44-46(11,12)38(4,5)6;15-13-9-5-1-2-6-10(9)14(16)12-8-4-3-7-11(12)13;1-12(2,3)15(4,5)14-11-8-6-10(13)7-9-11/h13-28H,1-12H3;1-8H;6-9H,1-5H3. The second kappa shape index (κ2) is 22.2. The molecule has 0 N–H and O–H groups in total. The number of ether oxygens (including phenoxy) is 2. The summed E-state index contributed by atoms with van der Waals surface area (Å²) in [5.41, 5.74) is 6.62. The Morgan fingerprint density at radius 1 is 0.351 bits per heavy atom. The summed E-state index contributed by atoms with van der Waals surface area (Å²) in [7, 11) is -2.04. The van der Waals surface area contributed by atoms with E-state index in [1.54, 1.807) is 62.8 Å².